The van der Waals surface area contributed by atoms with Crippen LogP contribution < -0.4 is 10.9 Å². The van der Waals surface area contributed by atoms with Gasteiger partial charge in [-0.25, -0.2) is 4.98 Å². The summed E-state index contributed by atoms with van der Waals surface area (Å²) in [6.07, 6.45) is 6.38. The fourth-order valence-corrected chi connectivity index (χ4v) is 3.32. The molecule has 1 aromatic heterocycles. The first-order valence-electron chi connectivity index (χ1n) is 8.38. The maximum absolute atomic E-state index is 12.8. The van der Waals surface area contributed by atoms with Gasteiger partial charge in [-0.3, -0.25) is 14.2 Å². The first-order chi connectivity index (χ1) is 12.6. The summed E-state index contributed by atoms with van der Waals surface area (Å²) in [6, 6.07) is 12.5. The molecule has 0 aliphatic heterocycles. The average Bonchev–Trinajstić information content (AvgIpc) is 3.11. The Morgan fingerprint density at radius 1 is 1.08 bits per heavy atom. The molecule has 0 spiro atoms. The molecule has 1 amide bonds. The molecule has 1 N–H and O–H groups in total. The van der Waals surface area contributed by atoms with Gasteiger partial charge in [0.1, 0.15) is 0 Å². The van der Waals surface area contributed by atoms with Gasteiger partial charge >= 0.3 is 0 Å². The zero-order chi connectivity index (χ0) is 18.1. The monoisotopic (exact) mass is 365 g/mol. The molecule has 0 fully saturated rings. The number of carbonyl (C=O) groups is 1. The number of rotatable bonds is 3. The number of hydrogen-bond donors (Lipinski definition) is 1. The smallest absolute Gasteiger partial charge is 0.298 e. The molecule has 26 heavy (non-hydrogen) atoms. The number of carbonyl (C=O) groups excluding carboxylic acids is 1. The Morgan fingerprint density at radius 3 is 2.65 bits per heavy atom. The molecule has 0 saturated carbocycles. The number of nitrogens with zero attached hydrogens (tertiary/aromatic N) is 2. The summed E-state index contributed by atoms with van der Waals surface area (Å²) in [5, 5.41) is 3.12. The van der Waals surface area contributed by atoms with Gasteiger partial charge in [0.2, 0.25) is 0 Å². The molecule has 0 radical (unpaired) electrons. The van der Waals surface area contributed by atoms with E-state index in [4.69, 9.17) is 11.6 Å². The molecule has 0 unspecified atom stereocenters. The van der Waals surface area contributed by atoms with Gasteiger partial charge in [-0.1, -0.05) is 17.7 Å². The summed E-state index contributed by atoms with van der Waals surface area (Å²) in [5.74, 6) is -0.411. The van der Waals surface area contributed by atoms with Crippen molar-refractivity contribution in [2.75, 3.05) is 5.32 Å². The minimum absolute atomic E-state index is 0.00653. The minimum Gasteiger partial charge on any atom is -0.302 e. The number of fused-ring (bicyclic) bond motifs is 1. The SMILES string of the molecule is O=C(Nc1nccn(-c2ccc3c(c2)CCC3)c1=O)c1ccc(Cl)cc1. The standard InChI is InChI=1S/C20H16ClN3O2/c21-16-7-4-14(5-8-16)19(25)23-18-20(26)24(11-10-22-18)17-9-6-13-2-1-3-15(13)12-17/h4-12H,1-3H2,(H,22,23,25). The van der Waals surface area contributed by atoms with E-state index in [9.17, 15) is 9.59 Å². The Labute approximate surface area is 155 Å². The van der Waals surface area contributed by atoms with E-state index in [1.54, 1.807) is 30.5 Å². The molecular weight excluding hydrogens is 350 g/mol. The van der Waals surface area contributed by atoms with Crippen molar-refractivity contribution in [3.05, 3.63) is 86.9 Å². The number of aromatic nitrogens is 2. The minimum atomic E-state index is -0.405. The molecule has 3 aromatic rings. The summed E-state index contributed by atoms with van der Waals surface area (Å²) < 4.78 is 1.50. The summed E-state index contributed by atoms with van der Waals surface area (Å²) in [7, 11) is 0. The van der Waals surface area contributed by atoms with Gasteiger partial charge in [0, 0.05) is 28.7 Å². The van der Waals surface area contributed by atoms with Gasteiger partial charge < -0.3 is 5.32 Å². The van der Waals surface area contributed by atoms with Crippen molar-refractivity contribution in [1.82, 2.24) is 9.55 Å². The van der Waals surface area contributed by atoms with E-state index in [-0.39, 0.29) is 11.4 Å². The lowest BCUT2D eigenvalue weighted by Crippen LogP contribution is -2.26. The molecule has 6 heteroatoms. The summed E-state index contributed by atoms with van der Waals surface area (Å²) in [5.41, 5.74) is 3.43. The Balaban J connectivity index is 1.65. The molecule has 130 valence electrons. The highest BCUT2D eigenvalue weighted by atomic mass is 35.5. The van der Waals surface area contributed by atoms with Crippen LogP contribution in [0.2, 0.25) is 5.02 Å². The van der Waals surface area contributed by atoms with E-state index in [2.05, 4.69) is 16.4 Å². The third-order valence-corrected chi connectivity index (χ3v) is 4.79. The largest absolute Gasteiger partial charge is 0.302 e. The Kier molecular flexibility index (Phi) is 4.31. The van der Waals surface area contributed by atoms with E-state index in [0.717, 1.165) is 24.9 Å². The van der Waals surface area contributed by atoms with Crippen molar-refractivity contribution in [3.8, 4) is 5.69 Å². The third-order valence-electron chi connectivity index (χ3n) is 4.54. The predicted octanol–water partition coefficient (Wildman–Crippen LogP) is 3.63. The van der Waals surface area contributed by atoms with Gasteiger partial charge in [-0.15, -0.1) is 0 Å². The fraction of sp³-hybridized carbons (Fsp3) is 0.150. The first kappa shape index (κ1) is 16.5. The second-order valence-corrected chi connectivity index (χ2v) is 6.66. The Bertz CT molecular complexity index is 1040. The number of aryl methyl sites for hydroxylation is 2. The van der Waals surface area contributed by atoms with Gasteiger partial charge in [0.15, 0.2) is 5.82 Å². The van der Waals surface area contributed by atoms with Crippen molar-refractivity contribution in [2.24, 2.45) is 0 Å². The number of amides is 1. The molecule has 1 aliphatic carbocycles. The van der Waals surface area contributed by atoms with E-state index in [1.165, 1.54) is 21.9 Å². The zero-order valence-corrected chi connectivity index (χ0v) is 14.7. The summed E-state index contributed by atoms with van der Waals surface area (Å²) >= 11 is 5.83. The van der Waals surface area contributed by atoms with Crippen LogP contribution in [-0.2, 0) is 12.8 Å². The second kappa shape index (κ2) is 6.77. The highest BCUT2D eigenvalue weighted by Crippen LogP contribution is 2.24. The number of hydrogen-bond acceptors (Lipinski definition) is 3. The maximum atomic E-state index is 12.8. The number of anilines is 1. The van der Waals surface area contributed by atoms with Crippen LogP contribution in [0, 0.1) is 0 Å². The van der Waals surface area contributed by atoms with Crippen LogP contribution in [0.25, 0.3) is 5.69 Å². The van der Waals surface area contributed by atoms with E-state index < -0.39 is 5.91 Å². The van der Waals surface area contributed by atoms with Crippen molar-refractivity contribution in [1.29, 1.82) is 0 Å². The number of nitrogens with one attached hydrogen (secondary N) is 1. The van der Waals surface area contributed by atoms with Crippen LogP contribution in [0.3, 0.4) is 0 Å². The van der Waals surface area contributed by atoms with E-state index in [0.29, 0.717) is 10.6 Å². The Morgan fingerprint density at radius 2 is 1.85 bits per heavy atom. The lowest BCUT2D eigenvalue weighted by atomic mass is 10.1. The summed E-state index contributed by atoms with van der Waals surface area (Å²) in [6.45, 7) is 0. The van der Waals surface area contributed by atoms with E-state index in [1.807, 2.05) is 12.1 Å². The van der Waals surface area contributed by atoms with Gasteiger partial charge in [0.05, 0.1) is 0 Å². The fourth-order valence-electron chi connectivity index (χ4n) is 3.19. The van der Waals surface area contributed by atoms with Crippen LogP contribution >= 0.6 is 11.6 Å². The van der Waals surface area contributed by atoms with Crippen LogP contribution in [0.5, 0.6) is 0 Å². The van der Waals surface area contributed by atoms with Crippen molar-refractivity contribution in [3.63, 3.8) is 0 Å². The number of halogens is 1. The maximum Gasteiger partial charge on any atom is 0.298 e. The van der Waals surface area contributed by atoms with Gasteiger partial charge in [-0.2, -0.15) is 0 Å². The van der Waals surface area contributed by atoms with Crippen molar-refractivity contribution >= 4 is 23.3 Å². The van der Waals surface area contributed by atoms with Crippen LogP contribution in [0.1, 0.15) is 27.9 Å². The molecule has 0 bridgehead atoms. The normalized spacial score (nSPS) is 12.7. The summed E-state index contributed by atoms with van der Waals surface area (Å²) in [4.78, 5) is 29.1. The molecule has 5 nitrogen and oxygen atoms in total. The van der Waals surface area contributed by atoms with Gasteiger partial charge in [-0.05, 0) is 66.8 Å². The lowest BCUT2D eigenvalue weighted by molar-refractivity contribution is 0.102. The highest BCUT2D eigenvalue weighted by molar-refractivity contribution is 6.30. The van der Waals surface area contributed by atoms with Gasteiger partial charge in [0.25, 0.3) is 11.5 Å². The molecular formula is C20H16ClN3O2. The van der Waals surface area contributed by atoms with Crippen LogP contribution in [-0.4, -0.2) is 15.5 Å². The predicted molar refractivity (Wildman–Crippen MR) is 101 cm³/mol. The molecule has 1 aliphatic rings. The lowest BCUT2D eigenvalue weighted by Gasteiger charge is -2.10. The molecule has 0 saturated heterocycles. The molecule has 0 atom stereocenters. The average molecular weight is 366 g/mol. The van der Waals surface area contributed by atoms with Crippen molar-refractivity contribution < 1.29 is 4.79 Å². The molecule has 1 heterocycles. The molecule has 4 rings (SSSR count). The first-order valence-corrected chi connectivity index (χ1v) is 8.76. The number of benzene rings is 2. The topological polar surface area (TPSA) is 64.0 Å². The van der Waals surface area contributed by atoms with E-state index >= 15 is 0 Å². The second-order valence-electron chi connectivity index (χ2n) is 6.22. The highest BCUT2D eigenvalue weighted by Gasteiger charge is 2.14. The Hall–Kier alpha value is -2.92. The molecule has 2 aromatic carbocycles. The van der Waals surface area contributed by atoms with Crippen molar-refractivity contribution in [2.45, 2.75) is 19.3 Å². The third kappa shape index (κ3) is 3.13. The van der Waals surface area contributed by atoms with Crippen LogP contribution in [0.4, 0.5) is 5.82 Å². The zero-order valence-electron chi connectivity index (χ0n) is 13.9. The quantitative estimate of drug-likeness (QED) is 0.770. The van der Waals surface area contributed by atoms with Crippen LogP contribution in [0.15, 0.2) is 59.7 Å².